The Morgan fingerprint density at radius 1 is 1.43 bits per heavy atom. The molecule has 116 valence electrons. The van der Waals surface area contributed by atoms with Crippen molar-refractivity contribution in [2.75, 3.05) is 32.4 Å². The molecule has 1 aromatic carbocycles. The number of carbonyl (C=O) groups is 1. The van der Waals surface area contributed by atoms with E-state index in [2.05, 4.69) is 27.8 Å². The van der Waals surface area contributed by atoms with Crippen molar-refractivity contribution < 1.29 is 4.79 Å². The van der Waals surface area contributed by atoms with Crippen LogP contribution in [0.4, 0.5) is 5.69 Å². The molecule has 0 aromatic heterocycles. The van der Waals surface area contributed by atoms with Crippen molar-refractivity contribution in [3.05, 3.63) is 28.2 Å². The normalized spacial score (nSPS) is 16.9. The standard InChI is InChI=1S/C16H24BrN3O/c1-3-8-20-9-6-13(7-10-20)19(2)16(21)12-4-5-14(17)15(18)11-12/h4-5,11,13H,3,6-10,18H2,1-2H3. The zero-order chi connectivity index (χ0) is 15.4. The third-order valence-electron chi connectivity index (χ3n) is 4.21. The Morgan fingerprint density at radius 3 is 2.67 bits per heavy atom. The quantitative estimate of drug-likeness (QED) is 0.846. The van der Waals surface area contributed by atoms with Gasteiger partial charge < -0.3 is 15.5 Å². The molecule has 0 aliphatic carbocycles. The zero-order valence-electron chi connectivity index (χ0n) is 12.8. The summed E-state index contributed by atoms with van der Waals surface area (Å²) < 4.78 is 0.828. The van der Waals surface area contributed by atoms with Gasteiger partial charge in [-0.1, -0.05) is 6.92 Å². The molecule has 2 N–H and O–H groups in total. The van der Waals surface area contributed by atoms with Crippen LogP contribution in [0.5, 0.6) is 0 Å². The SMILES string of the molecule is CCCN1CCC(N(C)C(=O)c2ccc(Br)c(N)c2)CC1. The van der Waals surface area contributed by atoms with Crippen LogP contribution in [0.3, 0.4) is 0 Å². The molecule has 0 unspecified atom stereocenters. The molecule has 1 amide bonds. The minimum atomic E-state index is 0.0585. The lowest BCUT2D eigenvalue weighted by Crippen LogP contribution is -2.45. The fourth-order valence-corrected chi connectivity index (χ4v) is 3.14. The number of amides is 1. The smallest absolute Gasteiger partial charge is 0.253 e. The monoisotopic (exact) mass is 353 g/mol. The molecule has 0 saturated carbocycles. The van der Waals surface area contributed by atoms with Crippen LogP contribution in [0.1, 0.15) is 36.5 Å². The van der Waals surface area contributed by atoms with E-state index in [4.69, 9.17) is 5.73 Å². The number of rotatable bonds is 4. The molecule has 1 heterocycles. The highest BCUT2D eigenvalue weighted by molar-refractivity contribution is 9.10. The van der Waals surface area contributed by atoms with Crippen LogP contribution in [0.2, 0.25) is 0 Å². The van der Waals surface area contributed by atoms with E-state index >= 15 is 0 Å². The van der Waals surface area contributed by atoms with E-state index < -0.39 is 0 Å². The average molecular weight is 354 g/mol. The van der Waals surface area contributed by atoms with Gasteiger partial charge in [0.05, 0.1) is 0 Å². The van der Waals surface area contributed by atoms with Crippen LogP contribution in [-0.4, -0.2) is 48.4 Å². The molecule has 21 heavy (non-hydrogen) atoms. The summed E-state index contributed by atoms with van der Waals surface area (Å²) in [6.45, 7) is 5.53. The Hall–Kier alpha value is -1.07. The molecule has 1 fully saturated rings. The molecule has 1 saturated heterocycles. The lowest BCUT2D eigenvalue weighted by molar-refractivity contribution is 0.0643. The van der Waals surface area contributed by atoms with Gasteiger partial charge in [0.25, 0.3) is 5.91 Å². The van der Waals surface area contributed by atoms with Gasteiger partial charge in [-0.05, 0) is 59.9 Å². The van der Waals surface area contributed by atoms with Crippen molar-refractivity contribution in [2.45, 2.75) is 32.2 Å². The van der Waals surface area contributed by atoms with Gasteiger partial charge >= 0.3 is 0 Å². The Labute approximate surface area is 135 Å². The fourth-order valence-electron chi connectivity index (χ4n) is 2.89. The second-order valence-corrected chi connectivity index (χ2v) is 6.58. The largest absolute Gasteiger partial charge is 0.398 e. The van der Waals surface area contributed by atoms with E-state index in [9.17, 15) is 4.79 Å². The second-order valence-electron chi connectivity index (χ2n) is 5.73. The summed E-state index contributed by atoms with van der Waals surface area (Å²) >= 11 is 3.36. The predicted molar refractivity (Wildman–Crippen MR) is 90.4 cm³/mol. The highest BCUT2D eigenvalue weighted by Gasteiger charge is 2.25. The lowest BCUT2D eigenvalue weighted by Gasteiger charge is -2.36. The molecular weight excluding hydrogens is 330 g/mol. The van der Waals surface area contributed by atoms with Crippen LogP contribution in [-0.2, 0) is 0 Å². The number of halogens is 1. The van der Waals surface area contributed by atoms with Crippen molar-refractivity contribution in [1.82, 2.24) is 9.80 Å². The summed E-state index contributed by atoms with van der Waals surface area (Å²) in [5, 5.41) is 0. The molecule has 1 aromatic rings. The van der Waals surface area contributed by atoms with Gasteiger partial charge in [-0.3, -0.25) is 4.79 Å². The van der Waals surface area contributed by atoms with E-state index in [0.717, 1.165) is 36.9 Å². The zero-order valence-corrected chi connectivity index (χ0v) is 14.4. The van der Waals surface area contributed by atoms with E-state index in [1.807, 2.05) is 24.1 Å². The number of piperidine rings is 1. The Bertz CT molecular complexity index is 498. The van der Waals surface area contributed by atoms with Crippen molar-refractivity contribution in [3.8, 4) is 0 Å². The third-order valence-corrected chi connectivity index (χ3v) is 4.93. The van der Waals surface area contributed by atoms with Gasteiger partial charge in [-0.25, -0.2) is 0 Å². The summed E-state index contributed by atoms with van der Waals surface area (Å²) in [6.07, 6.45) is 3.29. The predicted octanol–water partition coefficient (Wildman–Crippen LogP) is 2.98. The molecule has 0 radical (unpaired) electrons. The number of nitrogens with zero attached hydrogens (tertiary/aromatic N) is 2. The first-order chi connectivity index (χ1) is 10.0. The summed E-state index contributed by atoms with van der Waals surface area (Å²) in [4.78, 5) is 16.9. The number of hydrogen-bond acceptors (Lipinski definition) is 3. The van der Waals surface area contributed by atoms with Gasteiger partial charge in [0.2, 0.25) is 0 Å². The van der Waals surface area contributed by atoms with Crippen LogP contribution < -0.4 is 5.73 Å². The summed E-state index contributed by atoms with van der Waals surface area (Å²) in [7, 11) is 1.90. The maximum atomic E-state index is 12.6. The maximum Gasteiger partial charge on any atom is 0.253 e. The van der Waals surface area contributed by atoms with Crippen LogP contribution in [0.25, 0.3) is 0 Å². The van der Waals surface area contributed by atoms with Crippen LogP contribution in [0, 0.1) is 0 Å². The summed E-state index contributed by atoms with van der Waals surface area (Å²) in [5.74, 6) is 0.0585. The number of hydrogen-bond donors (Lipinski definition) is 1. The van der Waals surface area contributed by atoms with Crippen LogP contribution in [0.15, 0.2) is 22.7 Å². The number of nitrogens with two attached hydrogens (primary N) is 1. The van der Waals surface area contributed by atoms with Gasteiger partial charge in [-0.2, -0.15) is 0 Å². The number of nitrogen functional groups attached to an aromatic ring is 1. The minimum Gasteiger partial charge on any atom is -0.398 e. The van der Waals surface area contributed by atoms with Gasteiger partial charge in [0.15, 0.2) is 0 Å². The van der Waals surface area contributed by atoms with E-state index in [0.29, 0.717) is 17.3 Å². The first-order valence-corrected chi connectivity index (χ1v) is 8.36. The first-order valence-electron chi connectivity index (χ1n) is 7.57. The highest BCUT2D eigenvalue weighted by Crippen LogP contribution is 2.23. The molecule has 1 aliphatic rings. The van der Waals surface area contributed by atoms with Crippen LogP contribution >= 0.6 is 15.9 Å². The van der Waals surface area contributed by atoms with Gasteiger partial charge in [0, 0.05) is 41.9 Å². The molecule has 0 atom stereocenters. The van der Waals surface area contributed by atoms with E-state index in [1.54, 1.807) is 6.07 Å². The molecule has 2 rings (SSSR count). The second kappa shape index (κ2) is 7.27. The lowest BCUT2D eigenvalue weighted by atomic mass is 10.0. The molecular formula is C16H24BrN3O. The topological polar surface area (TPSA) is 49.6 Å². The van der Waals surface area contributed by atoms with E-state index in [1.165, 1.54) is 6.42 Å². The highest BCUT2D eigenvalue weighted by atomic mass is 79.9. The molecule has 5 heteroatoms. The van der Waals surface area contributed by atoms with Crippen molar-refractivity contribution >= 4 is 27.5 Å². The number of benzene rings is 1. The molecule has 0 bridgehead atoms. The summed E-state index contributed by atoms with van der Waals surface area (Å²) in [6, 6.07) is 5.73. The molecule has 4 nitrogen and oxygen atoms in total. The van der Waals surface area contributed by atoms with Crippen molar-refractivity contribution in [1.29, 1.82) is 0 Å². The number of carbonyl (C=O) groups excluding carboxylic acids is 1. The first kappa shape index (κ1) is 16.3. The Balaban J connectivity index is 1.98. The maximum absolute atomic E-state index is 12.6. The number of likely N-dealkylation sites (tertiary alicyclic amines) is 1. The number of anilines is 1. The fraction of sp³-hybridized carbons (Fsp3) is 0.562. The molecule has 1 aliphatic heterocycles. The average Bonchev–Trinajstić information content (AvgIpc) is 2.50. The van der Waals surface area contributed by atoms with Crippen molar-refractivity contribution in [2.24, 2.45) is 0 Å². The minimum absolute atomic E-state index is 0.0585. The van der Waals surface area contributed by atoms with Gasteiger partial charge in [-0.15, -0.1) is 0 Å². The summed E-state index contributed by atoms with van der Waals surface area (Å²) in [5.41, 5.74) is 7.13. The van der Waals surface area contributed by atoms with Crippen molar-refractivity contribution in [3.63, 3.8) is 0 Å². The Kier molecular flexibility index (Phi) is 5.65. The van der Waals surface area contributed by atoms with Gasteiger partial charge in [0.1, 0.15) is 0 Å². The van der Waals surface area contributed by atoms with E-state index in [-0.39, 0.29) is 5.91 Å². The third kappa shape index (κ3) is 3.98. The Morgan fingerprint density at radius 2 is 2.10 bits per heavy atom. The molecule has 0 spiro atoms.